The number of hydrogen-bond acceptors (Lipinski definition) is 5. The van der Waals surface area contributed by atoms with Crippen LogP contribution in [-0.4, -0.2) is 31.6 Å². The van der Waals surface area contributed by atoms with Crippen molar-refractivity contribution in [2.24, 2.45) is 5.73 Å². The summed E-state index contributed by atoms with van der Waals surface area (Å²) in [5, 5.41) is 8.79. The molecule has 1 atom stereocenters. The van der Waals surface area contributed by atoms with Crippen LogP contribution in [0.15, 0.2) is 17.0 Å². The van der Waals surface area contributed by atoms with Crippen molar-refractivity contribution in [1.82, 2.24) is 0 Å². The van der Waals surface area contributed by atoms with Crippen LogP contribution in [0.3, 0.4) is 0 Å². The molecule has 18 heavy (non-hydrogen) atoms. The molecule has 0 aliphatic carbocycles. The van der Waals surface area contributed by atoms with Gasteiger partial charge in [0.25, 0.3) is 0 Å². The van der Waals surface area contributed by atoms with Gasteiger partial charge in [-0.15, -0.1) is 11.8 Å². The fourth-order valence-electron chi connectivity index (χ4n) is 1.71. The Kier molecular flexibility index (Phi) is 5.30. The number of benzene rings is 1. The lowest BCUT2D eigenvalue weighted by Gasteiger charge is -2.18. The largest absolute Gasteiger partial charge is 0.495 e. The summed E-state index contributed by atoms with van der Waals surface area (Å²) in [6.07, 6.45) is 1.75. The lowest BCUT2D eigenvalue weighted by atomic mass is 10.0. The molecule has 1 aromatic rings. The SMILES string of the molecule is COc1ccc(C(N)CC(=O)O)c(OC)c1SC. The smallest absolute Gasteiger partial charge is 0.305 e. The highest BCUT2D eigenvalue weighted by Gasteiger charge is 2.20. The van der Waals surface area contributed by atoms with Gasteiger partial charge in [-0.05, 0) is 18.4 Å². The molecule has 1 aromatic carbocycles. The molecule has 5 nitrogen and oxygen atoms in total. The van der Waals surface area contributed by atoms with Gasteiger partial charge < -0.3 is 20.3 Å². The van der Waals surface area contributed by atoms with Crippen LogP contribution >= 0.6 is 11.8 Å². The van der Waals surface area contributed by atoms with Crippen LogP contribution in [0.5, 0.6) is 11.5 Å². The topological polar surface area (TPSA) is 81.8 Å². The number of rotatable bonds is 6. The summed E-state index contributed by atoms with van der Waals surface area (Å²) in [5.74, 6) is 0.326. The van der Waals surface area contributed by atoms with Crippen LogP contribution in [0.1, 0.15) is 18.0 Å². The second kappa shape index (κ2) is 6.51. The van der Waals surface area contributed by atoms with Crippen molar-refractivity contribution in [3.63, 3.8) is 0 Å². The van der Waals surface area contributed by atoms with E-state index in [0.717, 1.165) is 4.90 Å². The summed E-state index contributed by atoms with van der Waals surface area (Å²) in [6, 6.07) is 2.91. The van der Waals surface area contributed by atoms with E-state index in [2.05, 4.69) is 0 Å². The molecule has 0 radical (unpaired) electrons. The van der Waals surface area contributed by atoms with Crippen LogP contribution in [-0.2, 0) is 4.79 Å². The number of carboxylic acid groups (broad SMARTS) is 1. The molecule has 0 aliphatic rings. The van der Waals surface area contributed by atoms with Gasteiger partial charge in [-0.2, -0.15) is 0 Å². The number of carboxylic acids is 1. The summed E-state index contributed by atoms with van der Waals surface area (Å²) in [4.78, 5) is 11.5. The zero-order valence-corrected chi connectivity index (χ0v) is 11.4. The van der Waals surface area contributed by atoms with E-state index >= 15 is 0 Å². The molecule has 1 unspecified atom stereocenters. The molecule has 0 spiro atoms. The van der Waals surface area contributed by atoms with Gasteiger partial charge in [0.05, 0.1) is 25.5 Å². The highest BCUT2D eigenvalue weighted by molar-refractivity contribution is 7.98. The Labute approximate surface area is 110 Å². The summed E-state index contributed by atoms with van der Waals surface area (Å²) >= 11 is 1.47. The second-order valence-corrected chi connectivity index (χ2v) is 4.44. The average Bonchev–Trinajstić information content (AvgIpc) is 2.35. The number of aliphatic carboxylic acids is 1. The molecule has 0 aliphatic heterocycles. The third kappa shape index (κ3) is 3.08. The minimum Gasteiger partial charge on any atom is -0.495 e. The Morgan fingerprint density at radius 2 is 2.11 bits per heavy atom. The van der Waals surface area contributed by atoms with Crippen LogP contribution in [0, 0.1) is 0 Å². The number of nitrogens with two attached hydrogens (primary N) is 1. The number of thioether (sulfide) groups is 1. The van der Waals surface area contributed by atoms with E-state index in [-0.39, 0.29) is 6.42 Å². The van der Waals surface area contributed by atoms with Gasteiger partial charge in [0.1, 0.15) is 11.5 Å². The maximum Gasteiger partial charge on any atom is 0.305 e. The first-order chi connectivity index (χ1) is 8.54. The molecule has 1 rings (SSSR count). The van der Waals surface area contributed by atoms with Gasteiger partial charge in [0, 0.05) is 11.6 Å². The third-order valence-corrected chi connectivity index (χ3v) is 3.32. The summed E-state index contributed by atoms with van der Waals surface area (Å²) in [7, 11) is 3.11. The highest BCUT2D eigenvalue weighted by atomic mass is 32.2. The Morgan fingerprint density at radius 3 is 2.56 bits per heavy atom. The van der Waals surface area contributed by atoms with Crippen molar-refractivity contribution in [2.75, 3.05) is 20.5 Å². The van der Waals surface area contributed by atoms with E-state index in [1.165, 1.54) is 18.9 Å². The monoisotopic (exact) mass is 271 g/mol. The molecular weight excluding hydrogens is 254 g/mol. The van der Waals surface area contributed by atoms with Crippen LogP contribution in [0.4, 0.5) is 0 Å². The van der Waals surface area contributed by atoms with Gasteiger partial charge >= 0.3 is 5.97 Å². The summed E-state index contributed by atoms with van der Waals surface area (Å²) < 4.78 is 10.6. The van der Waals surface area contributed by atoms with E-state index in [9.17, 15) is 4.79 Å². The number of methoxy groups -OCH3 is 2. The van der Waals surface area contributed by atoms with Gasteiger partial charge in [-0.25, -0.2) is 0 Å². The predicted octanol–water partition coefficient (Wildman–Crippen LogP) is 1.90. The Hall–Kier alpha value is -1.40. The standard InChI is InChI=1S/C12H17NO4S/c1-16-9-5-4-7(8(13)6-10(14)15)11(17-2)12(9)18-3/h4-5,8H,6,13H2,1-3H3,(H,14,15). The third-order valence-electron chi connectivity index (χ3n) is 2.53. The fraction of sp³-hybridized carbons (Fsp3) is 0.417. The minimum absolute atomic E-state index is 0.142. The normalized spacial score (nSPS) is 12.0. The van der Waals surface area contributed by atoms with E-state index in [4.69, 9.17) is 20.3 Å². The van der Waals surface area contributed by atoms with Gasteiger partial charge in [0.15, 0.2) is 0 Å². The van der Waals surface area contributed by atoms with Crippen molar-refractivity contribution in [2.45, 2.75) is 17.4 Å². The molecule has 3 N–H and O–H groups in total. The molecule has 0 bridgehead atoms. The number of ether oxygens (including phenoxy) is 2. The van der Waals surface area contributed by atoms with E-state index in [1.54, 1.807) is 19.2 Å². The number of hydrogen-bond donors (Lipinski definition) is 2. The molecule has 0 heterocycles. The van der Waals surface area contributed by atoms with Crippen LogP contribution in [0.25, 0.3) is 0 Å². The fourth-order valence-corrected chi connectivity index (χ4v) is 2.45. The second-order valence-electron chi connectivity index (χ2n) is 3.63. The Balaban J connectivity index is 3.23. The quantitative estimate of drug-likeness (QED) is 0.769. The molecule has 0 saturated carbocycles. The van der Waals surface area contributed by atoms with Crippen molar-refractivity contribution >= 4 is 17.7 Å². The predicted molar refractivity (Wildman–Crippen MR) is 70.5 cm³/mol. The lowest BCUT2D eigenvalue weighted by molar-refractivity contribution is -0.137. The van der Waals surface area contributed by atoms with E-state index in [1.807, 2.05) is 6.26 Å². The van der Waals surface area contributed by atoms with Crippen molar-refractivity contribution in [3.05, 3.63) is 17.7 Å². The van der Waals surface area contributed by atoms with Crippen LogP contribution < -0.4 is 15.2 Å². The first kappa shape index (κ1) is 14.7. The zero-order chi connectivity index (χ0) is 13.7. The van der Waals surface area contributed by atoms with Gasteiger partial charge in [-0.3, -0.25) is 4.79 Å². The molecular formula is C12H17NO4S. The van der Waals surface area contributed by atoms with Gasteiger partial charge in [-0.1, -0.05) is 0 Å². The molecule has 0 fully saturated rings. The maximum atomic E-state index is 10.7. The Morgan fingerprint density at radius 1 is 1.44 bits per heavy atom. The summed E-state index contributed by atoms with van der Waals surface area (Å²) in [5.41, 5.74) is 6.55. The molecule has 0 amide bonds. The lowest BCUT2D eigenvalue weighted by Crippen LogP contribution is -2.16. The first-order valence-corrected chi connectivity index (χ1v) is 6.53. The first-order valence-electron chi connectivity index (χ1n) is 5.31. The molecule has 0 aromatic heterocycles. The van der Waals surface area contributed by atoms with Crippen molar-refractivity contribution in [3.8, 4) is 11.5 Å². The van der Waals surface area contributed by atoms with Crippen molar-refractivity contribution < 1.29 is 19.4 Å². The number of carbonyl (C=O) groups is 1. The Bertz CT molecular complexity index is 436. The van der Waals surface area contributed by atoms with E-state index < -0.39 is 12.0 Å². The zero-order valence-electron chi connectivity index (χ0n) is 10.6. The van der Waals surface area contributed by atoms with Crippen molar-refractivity contribution in [1.29, 1.82) is 0 Å². The average molecular weight is 271 g/mol. The molecule has 6 heteroatoms. The molecule has 100 valence electrons. The van der Waals surface area contributed by atoms with Crippen LogP contribution in [0.2, 0.25) is 0 Å². The van der Waals surface area contributed by atoms with Gasteiger partial charge in [0.2, 0.25) is 0 Å². The summed E-state index contributed by atoms with van der Waals surface area (Å²) in [6.45, 7) is 0. The maximum absolute atomic E-state index is 10.7. The molecule has 0 saturated heterocycles. The minimum atomic E-state index is -0.939. The van der Waals surface area contributed by atoms with E-state index in [0.29, 0.717) is 17.1 Å². The highest BCUT2D eigenvalue weighted by Crippen LogP contribution is 2.41.